The van der Waals surface area contributed by atoms with E-state index in [2.05, 4.69) is 6.58 Å². The largest absolute Gasteiger partial charge is 0.480 e. The maximum Gasteiger partial charge on any atom is 0.317 e. The van der Waals surface area contributed by atoms with Crippen LogP contribution in [0.1, 0.15) is 64.7 Å². The molecule has 0 amide bonds. The van der Waals surface area contributed by atoms with Crippen LogP contribution in [-0.4, -0.2) is 23.4 Å². The molecule has 20 heavy (non-hydrogen) atoms. The molecule has 0 spiro atoms. The minimum absolute atomic E-state index is 0.389. The van der Waals surface area contributed by atoms with Crippen molar-refractivity contribution in [1.82, 2.24) is 0 Å². The second-order valence-corrected chi connectivity index (χ2v) is 5.57. The van der Waals surface area contributed by atoms with Crippen LogP contribution in [0.4, 0.5) is 0 Å². The first-order valence-corrected chi connectivity index (χ1v) is 7.59. The van der Waals surface area contributed by atoms with Crippen LogP contribution in [0.15, 0.2) is 12.7 Å². The first kappa shape index (κ1) is 18.8. The van der Waals surface area contributed by atoms with Crippen LogP contribution in [0.3, 0.4) is 0 Å². The van der Waals surface area contributed by atoms with E-state index in [4.69, 9.17) is 5.73 Å². The molecule has 0 heterocycles. The number of carbonyl (C=O) groups is 2. The van der Waals surface area contributed by atoms with Gasteiger partial charge in [0.05, 0.1) is 0 Å². The van der Waals surface area contributed by atoms with Crippen LogP contribution < -0.4 is 5.73 Å². The second kappa shape index (κ2) is 10.6. The summed E-state index contributed by atoms with van der Waals surface area (Å²) in [5.74, 6) is -1.45. The highest BCUT2D eigenvalue weighted by molar-refractivity contribution is 6.07. The van der Waals surface area contributed by atoms with Gasteiger partial charge in [-0.2, -0.15) is 0 Å². The average Bonchev–Trinajstić information content (AvgIpc) is 2.44. The fourth-order valence-electron chi connectivity index (χ4n) is 2.24. The summed E-state index contributed by atoms with van der Waals surface area (Å²) in [4.78, 5) is 22.8. The first-order valence-electron chi connectivity index (χ1n) is 7.59. The van der Waals surface area contributed by atoms with Gasteiger partial charge >= 0.3 is 5.97 Å². The first-order chi connectivity index (χ1) is 9.49. The maximum atomic E-state index is 11.6. The Kier molecular flexibility index (Phi) is 9.99. The summed E-state index contributed by atoms with van der Waals surface area (Å²) in [5.41, 5.74) is 4.12. The van der Waals surface area contributed by atoms with E-state index in [0.717, 1.165) is 38.3 Å². The Bertz CT molecular complexity index is 315. The summed E-state index contributed by atoms with van der Waals surface area (Å²) in [6.45, 7) is 5.64. The topological polar surface area (TPSA) is 80.4 Å². The number of carbonyl (C=O) groups excluding carboxylic acids is 1. The average molecular weight is 283 g/mol. The van der Waals surface area contributed by atoms with Crippen LogP contribution in [0, 0.1) is 5.41 Å². The van der Waals surface area contributed by atoms with Crippen molar-refractivity contribution >= 4 is 11.8 Å². The highest BCUT2D eigenvalue weighted by Crippen LogP contribution is 2.27. The molecule has 0 fully saturated rings. The number of hydrogen-bond donors (Lipinski definition) is 2. The number of nitrogens with two attached hydrogens (primary N) is 1. The third-order valence-corrected chi connectivity index (χ3v) is 3.83. The van der Waals surface area contributed by atoms with Crippen LogP contribution in [0.2, 0.25) is 0 Å². The lowest BCUT2D eigenvalue weighted by Crippen LogP contribution is -2.35. The van der Waals surface area contributed by atoms with Gasteiger partial charge < -0.3 is 10.8 Å². The second-order valence-electron chi connectivity index (χ2n) is 5.57. The summed E-state index contributed by atoms with van der Waals surface area (Å²) in [6.07, 6.45) is 10.2. The van der Waals surface area contributed by atoms with Gasteiger partial charge in [0, 0.05) is 0 Å². The van der Waals surface area contributed by atoms with Gasteiger partial charge in [0.2, 0.25) is 0 Å². The minimum atomic E-state index is -1.30. The van der Waals surface area contributed by atoms with Gasteiger partial charge in [-0.05, 0) is 32.4 Å². The summed E-state index contributed by atoms with van der Waals surface area (Å²) >= 11 is 0. The Morgan fingerprint density at radius 3 is 1.90 bits per heavy atom. The minimum Gasteiger partial charge on any atom is -0.480 e. The van der Waals surface area contributed by atoms with Gasteiger partial charge in [-0.25, -0.2) is 0 Å². The molecule has 4 nitrogen and oxygen atoms in total. The number of hydrogen-bond acceptors (Lipinski definition) is 3. The Balaban J connectivity index is 3.78. The molecule has 4 heteroatoms. The molecule has 1 atom stereocenters. The number of ketones is 1. The summed E-state index contributed by atoms with van der Waals surface area (Å²) in [6, 6.07) is 0. The van der Waals surface area contributed by atoms with Crippen molar-refractivity contribution in [1.29, 1.82) is 0 Å². The smallest absolute Gasteiger partial charge is 0.317 e. The van der Waals surface area contributed by atoms with Crippen molar-refractivity contribution in [3.8, 4) is 0 Å². The van der Waals surface area contributed by atoms with Gasteiger partial charge in [-0.15, -0.1) is 0 Å². The van der Waals surface area contributed by atoms with Crippen molar-refractivity contribution < 1.29 is 14.7 Å². The predicted octanol–water partition coefficient (Wildman–Crippen LogP) is 3.30. The molecule has 0 saturated heterocycles. The molecule has 116 valence electrons. The SMILES string of the molecule is C=CC(=O)C(C)(CCCCCCCCCCN)C(=O)O. The molecule has 0 aliphatic rings. The van der Waals surface area contributed by atoms with Crippen molar-refractivity contribution in [2.45, 2.75) is 64.7 Å². The van der Waals surface area contributed by atoms with E-state index in [0.29, 0.717) is 6.42 Å². The molecule has 0 aliphatic heterocycles. The fourth-order valence-corrected chi connectivity index (χ4v) is 2.24. The monoisotopic (exact) mass is 283 g/mol. The number of carboxylic acids is 1. The zero-order chi connectivity index (χ0) is 15.4. The summed E-state index contributed by atoms with van der Waals surface area (Å²) in [5, 5.41) is 9.18. The van der Waals surface area contributed by atoms with Crippen molar-refractivity contribution in [2.75, 3.05) is 6.54 Å². The standard InChI is InChI=1S/C16H29NO3/c1-3-14(18)16(2,15(19)20)12-10-8-6-4-5-7-9-11-13-17/h3H,1,4-13,17H2,2H3,(H,19,20). The number of carboxylic acid groups (broad SMARTS) is 1. The Morgan fingerprint density at radius 1 is 1.05 bits per heavy atom. The van der Waals surface area contributed by atoms with Crippen LogP contribution in [-0.2, 0) is 9.59 Å². The Morgan fingerprint density at radius 2 is 1.50 bits per heavy atom. The summed E-state index contributed by atoms with van der Waals surface area (Å²) in [7, 11) is 0. The zero-order valence-corrected chi connectivity index (χ0v) is 12.7. The van der Waals surface area contributed by atoms with Crippen LogP contribution in [0.5, 0.6) is 0 Å². The summed E-state index contributed by atoms with van der Waals surface area (Å²) < 4.78 is 0. The van der Waals surface area contributed by atoms with Gasteiger partial charge in [-0.3, -0.25) is 9.59 Å². The lowest BCUT2D eigenvalue weighted by atomic mass is 9.80. The molecule has 0 aliphatic carbocycles. The molecule has 0 rings (SSSR count). The molecule has 0 aromatic carbocycles. The fraction of sp³-hybridized carbons (Fsp3) is 0.750. The molecule has 1 unspecified atom stereocenters. The number of rotatable bonds is 13. The Hall–Kier alpha value is -1.16. The van der Waals surface area contributed by atoms with Gasteiger partial charge in [0.1, 0.15) is 5.41 Å². The van der Waals surface area contributed by atoms with E-state index >= 15 is 0 Å². The third-order valence-electron chi connectivity index (χ3n) is 3.83. The van der Waals surface area contributed by atoms with E-state index in [1.54, 1.807) is 0 Å². The lowest BCUT2D eigenvalue weighted by molar-refractivity contribution is -0.152. The molecule has 0 saturated carbocycles. The van der Waals surface area contributed by atoms with Gasteiger partial charge in [0.25, 0.3) is 0 Å². The predicted molar refractivity (Wildman–Crippen MR) is 81.6 cm³/mol. The van der Waals surface area contributed by atoms with Crippen LogP contribution >= 0.6 is 0 Å². The molecule has 0 bridgehead atoms. The van der Waals surface area contributed by atoms with E-state index in [1.807, 2.05) is 0 Å². The highest BCUT2D eigenvalue weighted by Gasteiger charge is 2.38. The molecule has 0 radical (unpaired) electrons. The molecule has 3 N–H and O–H groups in total. The zero-order valence-electron chi connectivity index (χ0n) is 12.7. The van der Waals surface area contributed by atoms with Gasteiger partial charge in [0.15, 0.2) is 5.78 Å². The van der Waals surface area contributed by atoms with E-state index in [-0.39, 0.29) is 0 Å². The molecular formula is C16H29NO3. The maximum absolute atomic E-state index is 11.6. The van der Waals surface area contributed by atoms with E-state index < -0.39 is 17.2 Å². The van der Waals surface area contributed by atoms with E-state index in [1.165, 1.54) is 32.6 Å². The quantitative estimate of drug-likeness (QED) is 0.309. The Labute approximate surface area is 122 Å². The van der Waals surface area contributed by atoms with Crippen LogP contribution in [0.25, 0.3) is 0 Å². The number of aliphatic carboxylic acids is 1. The van der Waals surface area contributed by atoms with Gasteiger partial charge in [-0.1, -0.05) is 51.5 Å². The van der Waals surface area contributed by atoms with Crippen molar-refractivity contribution in [3.63, 3.8) is 0 Å². The highest BCUT2D eigenvalue weighted by atomic mass is 16.4. The van der Waals surface area contributed by atoms with Crippen molar-refractivity contribution in [2.24, 2.45) is 11.1 Å². The van der Waals surface area contributed by atoms with E-state index in [9.17, 15) is 14.7 Å². The molecular weight excluding hydrogens is 254 g/mol. The van der Waals surface area contributed by atoms with Crippen molar-refractivity contribution in [3.05, 3.63) is 12.7 Å². The lowest BCUT2D eigenvalue weighted by Gasteiger charge is -2.21. The third kappa shape index (κ3) is 6.85. The normalized spacial score (nSPS) is 13.7. The number of unbranched alkanes of at least 4 members (excludes halogenated alkanes) is 7. The number of allylic oxidation sites excluding steroid dienone is 1. The molecule has 0 aromatic heterocycles. The molecule has 0 aromatic rings.